The quantitative estimate of drug-likeness (QED) is 0.848. The molecule has 0 saturated heterocycles. The Morgan fingerprint density at radius 2 is 1.95 bits per heavy atom. The lowest BCUT2D eigenvalue weighted by Crippen LogP contribution is -2.48. The molecule has 0 aliphatic heterocycles. The number of ether oxygens (including phenoxy) is 1. The van der Waals surface area contributed by atoms with E-state index in [9.17, 15) is 9.59 Å². The maximum Gasteiger partial charge on any atom is 0.329 e. The molecular formula is C13H21N3O3. The Morgan fingerprint density at radius 3 is 2.37 bits per heavy atom. The molecule has 6 nitrogen and oxygen atoms in total. The predicted octanol–water partition coefficient (Wildman–Crippen LogP) is 1.81. The van der Waals surface area contributed by atoms with Crippen LogP contribution in [0, 0.1) is 5.92 Å². The van der Waals surface area contributed by atoms with Gasteiger partial charge >= 0.3 is 12.0 Å². The van der Waals surface area contributed by atoms with E-state index < -0.39 is 23.6 Å². The summed E-state index contributed by atoms with van der Waals surface area (Å²) < 4.78 is 6.58. The molecule has 1 rings (SSSR count). The lowest BCUT2D eigenvalue weighted by atomic mass is 10.0. The number of amides is 1. The van der Waals surface area contributed by atoms with Gasteiger partial charge in [-0.25, -0.2) is 14.6 Å². The third-order valence-electron chi connectivity index (χ3n) is 2.35. The van der Waals surface area contributed by atoms with Gasteiger partial charge in [-0.2, -0.15) is 0 Å². The average Bonchev–Trinajstić information content (AvgIpc) is 2.75. The Labute approximate surface area is 113 Å². The number of hydrogen-bond acceptors (Lipinski definition) is 4. The van der Waals surface area contributed by atoms with Gasteiger partial charge in [0.05, 0.1) is 0 Å². The largest absolute Gasteiger partial charge is 0.458 e. The maximum atomic E-state index is 12.0. The molecule has 0 fully saturated rings. The summed E-state index contributed by atoms with van der Waals surface area (Å²) >= 11 is 0. The molecule has 0 unspecified atom stereocenters. The number of aromatic nitrogens is 2. The van der Waals surface area contributed by atoms with E-state index in [1.54, 1.807) is 20.8 Å². The summed E-state index contributed by atoms with van der Waals surface area (Å²) in [6.07, 6.45) is 4.39. The second-order valence-corrected chi connectivity index (χ2v) is 5.67. The van der Waals surface area contributed by atoms with E-state index in [-0.39, 0.29) is 5.92 Å². The van der Waals surface area contributed by atoms with Gasteiger partial charge < -0.3 is 10.1 Å². The van der Waals surface area contributed by atoms with Gasteiger partial charge in [-0.05, 0) is 26.7 Å². The van der Waals surface area contributed by atoms with Gasteiger partial charge in [0.2, 0.25) is 0 Å². The normalized spacial score (nSPS) is 13.2. The molecule has 1 atom stereocenters. The Bertz CT molecular complexity index is 432. The fourth-order valence-electron chi connectivity index (χ4n) is 1.45. The molecule has 0 radical (unpaired) electrons. The highest BCUT2D eigenvalue weighted by Crippen LogP contribution is 2.12. The fourth-order valence-corrected chi connectivity index (χ4v) is 1.45. The summed E-state index contributed by atoms with van der Waals surface area (Å²) in [5, 5.41) is 2.65. The van der Waals surface area contributed by atoms with Crippen molar-refractivity contribution < 1.29 is 14.3 Å². The van der Waals surface area contributed by atoms with E-state index in [1.165, 1.54) is 23.3 Å². The monoisotopic (exact) mass is 267 g/mol. The second kappa shape index (κ2) is 5.86. The number of nitrogens with one attached hydrogen (secondary N) is 1. The second-order valence-electron chi connectivity index (χ2n) is 5.67. The molecular weight excluding hydrogens is 246 g/mol. The van der Waals surface area contributed by atoms with E-state index in [0.29, 0.717) is 0 Å². The predicted molar refractivity (Wildman–Crippen MR) is 70.6 cm³/mol. The first-order chi connectivity index (χ1) is 8.70. The number of esters is 1. The number of carbonyl (C=O) groups is 2. The van der Waals surface area contributed by atoms with Crippen LogP contribution in [0.2, 0.25) is 0 Å². The van der Waals surface area contributed by atoms with Gasteiger partial charge in [-0.3, -0.25) is 4.57 Å². The van der Waals surface area contributed by atoms with Crippen LogP contribution in [0.25, 0.3) is 0 Å². The third kappa shape index (κ3) is 4.73. The summed E-state index contributed by atoms with van der Waals surface area (Å²) in [7, 11) is 0. The lowest BCUT2D eigenvalue weighted by molar-refractivity contribution is -0.158. The van der Waals surface area contributed by atoms with Gasteiger partial charge in [0.25, 0.3) is 0 Å². The Hall–Kier alpha value is -1.85. The van der Waals surface area contributed by atoms with Crippen LogP contribution >= 0.6 is 0 Å². The number of carbonyl (C=O) groups excluding carboxylic acids is 2. The zero-order chi connectivity index (χ0) is 14.6. The molecule has 19 heavy (non-hydrogen) atoms. The molecule has 0 saturated carbocycles. The highest BCUT2D eigenvalue weighted by molar-refractivity contribution is 5.85. The summed E-state index contributed by atoms with van der Waals surface area (Å²) in [6, 6.07) is -1.09. The molecule has 1 N–H and O–H groups in total. The minimum Gasteiger partial charge on any atom is -0.458 e. The zero-order valence-electron chi connectivity index (χ0n) is 12.0. The van der Waals surface area contributed by atoms with Gasteiger partial charge in [0, 0.05) is 12.4 Å². The highest BCUT2D eigenvalue weighted by atomic mass is 16.6. The number of rotatable bonds is 3. The number of hydrogen-bond donors (Lipinski definition) is 1. The molecule has 1 aromatic rings. The van der Waals surface area contributed by atoms with Crippen LogP contribution < -0.4 is 5.32 Å². The van der Waals surface area contributed by atoms with E-state index in [2.05, 4.69) is 10.3 Å². The molecule has 0 aromatic carbocycles. The Kier molecular flexibility index (Phi) is 4.69. The summed E-state index contributed by atoms with van der Waals surface area (Å²) in [5.41, 5.74) is -0.579. The Morgan fingerprint density at radius 1 is 1.32 bits per heavy atom. The van der Waals surface area contributed by atoms with Gasteiger partial charge in [0.15, 0.2) is 0 Å². The van der Waals surface area contributed by atoms with E-state index in [0.717, 1.165) is 0 Å². The summed E-state index contributed by atoms with van der Waals surface area (Å²) in [4.78, 5) is 27.7. The first kappa shape index (κ1) is 15.2. The molecule has 106 valence electrons. The number of nitrogens with zero attached hydrogens (tertiary/aromatic N) is 2. The standard InChI is InChI=1S/C13H21N3O3/c1-9(2)10(11(17)19-13(3,4)5)15-12(18)16-7-6-14-8-16/h6-10H,1-5H3,(H,15,18)/t10-/m0/s1. The van der Waals surface area contributed by atoms with Crippen molar-refractivity contribution in [3.8, 4) is 0 Å². The molecule has 1 aromatic heterocycles. The van der Waals surface area contributed by atoms with Crippen molar-refractivity contribution in [3.05, 3.63) is 18.7 Å². The smallest absolute Gasteiger partial charge is 0.329 e. The molecule has 1 heterocycles. The van der Waals surface area contributed by atoms with Crippen LogP contribution in [-0.2, 0) is 9.53 Å². The SMILES string of the molecule is CC(C)[C@H](NC(=O)n1ccnc1)C(=O)OC(C)(C)C. The van der Waals surface area contributed by atoms with Crippen LogP contribution in [0.3, 0.4) is 0 Å². The van der Waals surface area contributed by atoms with Crippen molar-refractivity contribution >= 4 is 12.0 Å². The molecule has 1 amide bonds. The van der Waals surface area contributed by atoms with Crippen LogP contribution in [0.1, 0.15) is 34.6 Å². The van der Waals surface area contributed by atoms with Crippen molar-refractivity contribution in [1.29, 1.82) is 0 Å². The number of imidazole rings is 1. The van der Waals surface area contributed by atoms with Crippen LogP contribution in [0.15, 0.2) is 18.7 Å². The maximum absolute atomic E-state index is 12.0. The van der Waals surface area contributed by atoms with Crippen molar-refractivity contribution in [2.24, 2.45) is 5.92 Å². The van der Waals surface area contributed by atoms with Crippen molar-refractivity contribution in [3.63, 3.8) is 0 Å². The van der Waals surface area contributed by atoms with Crippen molar-refractivity contribution in [1.82, 2.24) is 14.9 Å². The topological polar surface area (TPSA) is 73.2 Å². The van der Waals surface area contributed by atoms with E-state index in [4.69, 9.17) is 4.74 Å². The van der Waals surface area contributed by atoms with Gasteiger partial charge in [-0.15, -0.1) is 0 Å². The summed E-state index contributed by atoms with van der Waals surface area (Å²) in [6.45, 7) is 9.07. The van der Waals surface area contributed by atoms with Crippen molar-refractivity contribution in [2.75, 3.05) is 0 Å². The van der Waals surface area contributed by atoms with E-state index in [1.807, 2.05) is 13.8 Å². The summed E-state index contributed by atoms with van der Waals surface area (Å²) in [5.74, 6) is -0.502. The van der Waals surface area contributed by atoms with Crippen LogP contribution in [0.4, 0.5) is 4.79 Å². The average molecular weight is 267 g/mol. The molecule has 0 bridgehead atoms. The molecule has 0 aliphatic carbocycles. The molecule has 0 aliphatic rings. The minimum atomic E-state index is -0.686. The molecule has 6 heteroatoms. The minimum absolute atomic E-state index is 0.0673. The van der Waals surface area contributed by atoms with Gasteiger partial charge in [-0.1, -0.05) is 13.8 Å². The van der Waals surface area contributed by atoms with E-state index >= 15 is 0 Å². The lowest BCUT2D eigenvalue weighted by Gasteiger charge is -2.26. The zero-order valence-corrected chi connectivity index (χ0v) is 12.0. The third-order valence-corrected chi connectivity index (χ3v) is 2.35. The highest BCUT2D eigenvalue weighted by Gasteiger charge is 2.29. The van der Waals surface area contributed by atoms with Crippen LogP contribution in [-0.4, -0.2) is 33.2 Å². The fraction of sp³-hybridized carbons (Fsp3) is 0.615. The van der Waals surface area contributed by atoms with Crippen LogP contribution in [0.5, 0.6) is 0 Å². The van der Waals surface area contributed by atoms with Crippen molar-refractivity contribution in [2.45, 2.75) is 46.3 Å². The molecule has 0 spiro atoms. The van der Waals surface area contributed by atoms with Gasteiger partial charge in [0.1, 0.15) is 18.0 Å². The first-order valence-electron chi connectivity index (χ1n) is 6.22. The first-order valence-corrected chi connectivity index (χ1v) is 6.22. The Balaban J connectivity index is 2.73.